The number of rotatable bonds is 6. The molecule has 36 heavy (non-hydrogen) atoms. The fraction of sp³-hybridized carbons (Fsp3) is 0.0800. The minimum absolute atomic E-state index is 0.0319. The van der Waals surface area contributed by atoms with Gasteiger partial charge in [-0.25, -0.2) is 4.68 Å². The van der Waals surface area contributed by atoms with Gasteiger partial charge < -0.3 is 9.73 Å². The molecule has 1 amide bonds. The number of hydrogen-bond acceptors (Lipinski definition) is 6. The van der Waals surface area contributed by atoms with Crippen LogP contribution in [0.5, 0.6) is 0 Å². The minimum atomic E-state index is -0.807. The average Bonchev–Trinajstić information content (AvgIpc) is 3.41. The highest BCUT2D eigenvalue weighted by Gasteiger charge is 2.21. The fourth-order valence-electron chi connectivity index (χ4n) is 3.62. The van der Waals surface area contributed by atoms with Crippen molar-refractivity contribution in [2.24, 2.45) is 7.05 Å². The molecule has 180 valence electrons. The van der Waals surface area contributed by atoms with Crippen molar-refractivity contribution in [1.29, 1.82) is 5.26 Å². The summed E-state index contributed by atoms with van der Waals surface area (Å²) in [6.45, 7) is 1.67. The zero-order chi connectivity index (χ0) is 26.0. The highest BCUT2D eigenvalue weighted by Crippen LogP contribution is 2.33. The Hall–Kier alpha value is -4.88. The van der Waals surface area contributed by atoms with E-state index in [-0.39, 0.29) is 39.1 Å². The number of nitro groups is 1. The molecule has 2 aromatic heterocycles. The zero-order valence-corrected chi connectivity index (χ0v) is 19.8. The topological polar surface area (TPSA) is 136 Å². The van der Waals surface area contributed by atoms with Gasteiger partial charge in [-0.1, -0.05) is 29.8 Å². The number of anilines is 1. The predicted octanol–water partition coefficient (Wildman–Crippen LogP) is 4.85. The van der Waals surface area contributed by atoms with Gasteiger partial charge in [0.15, 0.2) is 0 Å². The van der Waals surface area contributed by atoms with Gasteiger partial charge in [0, 0.05) is 24.2 Å². The van der Waals surface area contributed by atoms with E-state index < -0.39 is 16.4 Å². The van der Waals surface area contributed by atoms with Crippen LogP contribution in [0.25, 0.3) is 23.1 Å². The number of carbonyl (C=O) groups excluding carboxylic acids is 1. The van der Waals surface area contributed by atoms with Crippen LogP contribution in [0.2, 0.25) is 5.02 Å². The van der Waals surface area contributed by atoms with E-state index >= 15 is 0 Å². The van der Waals surface area contributed by atoms with Gasteiger partial charge in [-0.15, -0.1) is 0 Å². The Morgan fingerprint density at radius 3 is 2.58 bits per heavy atom. The second-order valence-electron chi connectivity index (χ2n) is 7.68. The van der Waals surface area contributed by atoms with E-state index in [1.54, 1.807) is 49.0 Å². The van der Waals surface area contributed by atoms with Crippen LogP contribution in [0.3, 0.4) is 0 Å². The molecule has 2 aromatic carbocycles. The van der Waals surface area contributed by atoms with E-state index in [2.05, 4.69) is 5.32 Å². The van der Waals surface area contributed by atoms with Crippen LogP contribution in [0.1, 0.15) is 11.5 Å². The minimum Gasteiger partial charge on any atom is -0.456 e. The molecule has 10 nitrogen and oxygen atoms in total. The first kappa shape index (κ1) is 24.3. The largest absolute Gasteiger partial charge is 0.456 e. The number of aromatic nitrogens is 2. The van der Waals surface area contributed by atoms with Crippen molar-refractivity contribution in [2.75, 3.05) is 5.32 Å². The maximum Gasteiger partial charge on any atom is 0.295 e. The lowest BCUT2D eigenvalue weighted by molar-refractivity contribution is -0.384. The Kier molecular flexibility index (Phi) is 6.58. The predicted molar refractivity (Wildman–Crippen MR) is 134 cm³/mol. The number of amides is 1. The second-order valence-corrected chi connectivity index (χ2v) is 8.12. The molecule has 11 heteroatoms. The molecule has 0 fully saturated rings. The molecule has 0 saturated carbocycles. The molecular formula is C25H18ClN5O5. The number of furan rings is 1. The van der Waals surface area contributed by atoms with E-state index in [1.165, 1.54) is 41.1 Å². The molecular weight excluding hydrogens is 486 g/mol. The first-order valence-electron chi connectivity index (χ1n) is 10.5. The Bertz CT molecular complexity index is 1620. The van der Waals surface area contributed by atoms with Crippen molar-refractivity contribution in [3.05, 3.63) is 103 Å². The van der Waals surface area contributed by atoms with Gasteiger partial charge >= 0.3 is 0 Å². The fourth-order valence-corrected chi connectivity index (χ4v) is 3.79. The standard InChI is InChI=1S/C25H18ClN5O5/c1-15-23(25(33)30(29(15)2)18-6-4-3-5-7-18)28-24(32)16(14-27)12-19-9-11-22(36-19)20-10-8-17(26)13-21(20)31(34)35/h3-13H,1-2H3,(H,28,32). The first-order chi connectivity index (χ1) is 17.2. The van der Waals surface area contributed by atoms with Gasteiger partial charge in [0.25, 0.3) is 17.2 Å². The number of carbonyl (C=O) groups is 1. The van der Waals surface area contributed by atoms with Gasteiger partial charge in [0.2, 0.25) is 0 Å². The molecule has 0 saturated heterocycles. The van der Waals surface area contributed by atoms with Crippen molar-refractivity contribution >= 4 is 35.0 Å². The van der Waals surface area contributed by atoms with Crippen molar-refractivity contribution in [3.63, 3.8) is 0 Å². The third kappa shape index (κ3) is 4.55. The van der Waals surface area contributed by atoms with Crippen molar-refractivity contribution in [1.82, 2.24) is 9.36 Å². The first-order valence-corrected chi connectivity index (χ1v) is 10.9. The molecule has 0 unspecified atom stereocenters. The van der Waals surface area contributed by atoms with Gasteiger partial charge in [0.1, 0.15) is 28.9 Å². The average molecular weight is 504 g/mol. The number of benzene rings is 2. The van der Waals surface area contributed by atoms with Gasteiger partial charge in [-0.2, -0.15) is 5.26 Å². The van der Waals surface area contributed by atoms with Crippen LogP contribution in [-0.2, 0) is 11.8 Å². The molecule has 4 aromatic rings. The number of hydrogen-bond donors (Lipinski definition) is 1. The van der Waals surface area contributed by atoms with Gasteiger partial charge in [-0.3, -0.25) is 24.4 Å². The summed E-state index contributed by atoms with van der Waals surface area (Å²) in [5, 5.41) is 23.7. The van der Waals surface area contributed by atoms with Crippen LogP contribution in [0, 0.1) is 28.4 Å². The maximum atomic E-state index is 13.0. The van der Waals surface area contributed by atoms with E-state index in [1.807, 2.05) is 6.07 Å². The number of nitriles is 1. The normalized spacial score (nSPS) is 11.2. The molecule has 0 atom stereocenters. The highest BCUT2D eigenvalue weighted by atomic mass is 35.5. The lowest BCUT2D eigenvalue weighted by Crippen LogP contribution is -2.23. The Morgan fingerprint density at radius 2 is 1.92 bits per heavy atom. The summed E-state index contributed by atoms with van der Waals surface area (Å²) in [4.78, 5) is 36.7. The molecule has 2 heterocycles. The Morgan fingerprint density at radius 1 is 1.19 bits per heavy atom. The third-order valence-electron chi connectivity index (χ3n) is 5.49. The molecule has 4 rings (SSSR count). The van der Waals surface area contributed by atoms with Crippen molar-refractivity contribution < 1.29 is 14.1 Å². The molecule has 1 N–H and O–H groups in total. The maximum absolute atomic E-state index is 13.0. The molecule has 0 bridgehead atoms. The van der Waals surface area contributed by atoms with Crippen LogP contribution in [0.4, 0.5) is 11.4 Å². The molecule has 0 aliphatic heterocycles. The van der Waals surface area contributed by atoms with Crippen molar-refractivity contribution in [2.45, 2.75) is 6.92 Å². The van der Waals surface area contributed by atoms with Crippen LogP contribution >= 0.6 is 11.6 Å². The summed E-state index contributed by atoms with van der Waals surface area (Å²) >= 11 is 5.86. The molecule has 0 aliphatic rings. The smallest absolute Gasteiger partial charge is 0.295 e. The molecule has 0 aliphatic carbocycles. The Balaban J connectivity index is 1.64. The van der Waals surface area contributed by atoms with E-state index in [0.29, 0.717) is 11.4 Å². The summed E-state index contributed by atoms with van der Waals surface area (Å²) in [6.07, 6.45) is 1.19. The van der Waals surface area contributed by atoms with E-state index in [4.69, 9.17) is 16.0 Å². The highest BCUT2D eigenvalue weighted by molar-refractivity contribution is 6.30. The van der Waals surface area contributed by atoms with Crippen LogP contribution in [-0.4, -0.2) is 20.2 Å². The summed E-state index contributed by atoms with van der Waals surface area (Å²) in [7, 11) is 1.68. The monoisotopic (exact) mass is 503 g/mol. The second kappa shape index (κ2) is 9.77. The number of halogens is 1. The zero-order valence-electron chi connectivity index (χ0n) is 19.1. The van der Waals surface area contributed by atoms with Gasteiger partial charge in [0.05, 0.1) is 21.9 Å². The Labute approximate surface area is 209 Å². The third-order valence-corrected chi connectivity index (χ3v) is 5.73. The van der Waals surface area contributed by atoms with E-state index in [9.17, 15) is 25.0 Å². The number of nitro benzene ring substituents is 1. The quantitative estimate of drug-likeness (QED) is 0.173. The lowest BCUT2D eigenvalue weighted by Gasteiger charge is -2.07. The molecule has 0 radical (unpaired) electrons. The molecule has 0 spiro atoms. The van der Waals surface area contributed by atoms with E-state index in [0.717, 1.165) is 0 Å². The van der Waals surface area contributed by atoms with Crippen LogP contribution < -0.4 is 10.9 Å². The number of para-hydroxylation sites is 1. The van der Waals surface area contributed by atoms with Crippen molar-refractivity contribution in [3.8, 4) is 23.1 Å². The van der Waals surface area contributed by atoms with Crippen LogP contribution in [0.15, 0.2) is 75.4 Å². The summed E-state index contributed by atoms with van der Waals surface area (Å²) in [6, 6.07) is 17.8. The number of nitrogens with zero attached hydrogens (tertiary/aromatic N) is 4. The number of nitrogens with one attached hydrogen (secondary N) is 1. The summed E-state index contributed by atoms with van der Waals surface area (Å²) < 4.78 is 8.64. The lowest BCUT2D eigenvalue weighted by atomic mass is 10.1. The van der Waals surface area contributed by atoms with Gasteiger partial charge in [-0.05, 0) is 43.3 Å². The summed E-state index contributed by atoms with van der Waals surface area (Å²) in [5.74, 6) is -0.529. The SMILES string of the molecule is Cc1c(NC(=O)C(C#N)=Cc2ccc(-c3ccc(Cl)cc3[N+](=O)[O-])o2)c(=O)n(-c2ccccc2)n1C. The summed E-state index contributed by atoms with van der Waals surface area (Å²) in [5.41, 5.74) is 0.296.